The van der Waals surface area contributed by atoms with Crippen molar-refractivity contribution in [1.29, 1.82) is 0 Å². The van der Waals surface area contributed by atoms with Crippen molar-refractivity contribution in [1.82, 2.24) is 0 Å². The third-order valence-corrected chi connectivity index (χ3v) is 3.94. The minimum absolute atomic E-state index is 0.0331. The van der Waals surface area contributed by atoms with E-state index in [4.69, 9.17) is 9.84 Å². The summed E-state index contributed by atoms with van der Waals surface area (Å²) < 4.78 is 5.10. The van der Waals surface area contributed by atoms with Crippen molar-refractivity contribution >= 4 is 0 Å². The number of hydrogen-bond donors (Lipinski definition) is 2. The molecule has 0 spiro atoms. The summed E-state index contributed by atoms with van der Waals surface area (Å²) in [5.41, 5.74) is 0. The van der Waals surface area contributed by atoms with E-state index in [1.807, 2.05) is 0 Å². The highest BCUT2D eigenvalue weighted by Gasteiger charge is 2.03. The number of aliphatic hydroxyl groups is 2. The number of hydrogen-bond acceptors (Lipinski definition) is 3. The summed E-state index contributed by atoms with van der Waals surface area (Å²) in [5, 5.41) is 18.2. The van der Waals surface area contributed by atoms with Crippen LogP contribution in [0.4, 0.5) is 0 Å². The molecule has 128 valence electrons. The van der Waals surface area contributed by atoms with Crippen molar-refractivity contribution in [2.24, 2.45) is 0 Å². The SMILES string of the molecule is CCCCCCCCCCCCCCC(O)COCCO. The molecule has 0 fully saturated rings. The zero-order valence-corrected chi connectivity index (χ0v) is 14.2. The van der Waals surface area contributed by atoms with E-state index in [1.165, 1.54) is 70.6 Å². The molecule has 0 heterocycles. The van der Waals surface area contributed by atoms with Crippen molar-refractivity contribution < 1.29 is 14.9 Å². The van der Waals surface area contributed by atoms with Gasteiger partial charge in [-0.25, -0.2) is 0 Å². The Morgan fingerprint density at radius 3 is 1.71 bits per heavy atom. The molecule has 0 bridgehead atoms. The summed E-state index contributed by atoms with van der Waals surface area (Å²) in [6.45, 7) is 2.99. The molecule has 0 saturated heterocycles. The Hall–Kier alpha value is -0.120. The lowest BCUT2D eigenvalue weighted by Crippen LogP contribution is -2.16. The minimum atomic E-state index is -0.361. The first-order chi connectivity index (χ1) is 10.3. The van der Waals surface area contributed by atoms with Gasteiger partial charge in [-0.05, 0) is 6.42 Å². The van der Waals surface area contributed by atoms with Crippen molar-refractivity contribution in [3.8, 4) is 0 Å². The van der Waals surface area contributed by atoms with E-state index in [0.717, 1.165) is 12.8 Å². The molecule has 1 atom stereocenters. The lowest BCUT2D eigenvalue weighted by molar-refractivity contribution is 0.0170. The van der Waals surface area contributed by atoms with Gasteiger partial charge in [0, 0.05) is 0 Å². The predicted octanol–water partition coefficient (Wildman–Crippen LogP) is 4.45. The third-order valence-electron chi connectivity index (χ3n) is 3.94. The fraction of sp³-hybridized carbons (Fsp3) is 1.00. The summed E-state index contributed by atoms with van der Waals surface area (Å²) in [4.78, 5) is 0. The monoisotopic (exact) mass is 302 g/mol. The molecule has 1 unspecified atom stereocenters. The van der Waals surface area contributed by atoms with Gasteiger partial charge >= 0.3 is 0 Å². The first-order valence-corrected chi connectivity index (χ1v) is 9.18. The summed E-state index contributed by atoms with van der Waals surface area (Å²) in [7, 11) is 0. The largest absolute Gasteiger partial charge is 0.394 e. The molecule has 0 aliphatic heterocycles. The summed E-state index contributed by atoms with van der Waals surface area (Å²) in [6.07, 6.45) is 16.6. The molecular weight excluding hydrogens is 264 g/mol. The molecule has 0 rings (SSSR count). The number of aliphatic hydroxyl groups excluding tert-OH is 2. The van der Waals surface area contributed by atoms with Gasteiger partial charge in [0.2, 0.25) is 0 Å². The lowest BCUT2D eigenvalue weighted by atomic mass is 10.0. The van der Waals surface area contributed by atoms with Gasteiger partial charge in [0.15, 0.2) is 0 Å². The van der Waals surface area contributed by atoms with Gasteiger partial charge in [0.1, 0.15) is 0 Å². The highest BCUT2D eigenvalue weighted by atomic mass is 16.5. The minimum Gasteiger partial charge on any atom is -0.394 e. The average molecular weight is 302 g/mol. The molecule has 0 aromatic carbocycles. The second kappa shape index (κ2) is 17.9. The molecule has 0 aromatic rings. The standard InChI is InChI=1S/C18H38O3/c1-2-3-4-5-6-7-8-9-10-11-12-13-14-18(20)17-21-16-15-19/h18-20H,2-17H2,1H3. The quantitative estimate of drug-likeness (QED) is 0.390. The van der Waals surface area contributed by atoms with Crippen LogP contribution in [-0.2, 0) is 4.74 Å². The van der Waals surface area contributed by atoms with E-state index in [2.05, 4.69) is 6.92 Å². The van der Waals surface area contributed by atoms with Gasteiger partial charge in [-0.2, -0.15) is 0 Å². The molecule has 3 nitrogen and oxygen atoms in total. The number of rotatable bonds is 17. The Bertz CT molecular complexity index is 185. The fourth-order valence-corrected chi connectivity index (χ4v) is 2.59. The molecule has 0 aromatic heterocycles. The van der Waals surface area contributed by atoms with Crippen LogP contribution < -0.4 is 0 Å². The van der Waals surface area contributed by atoms with E-state index in [1.54, 1.807) is 0 Å². The van der Waals surface area contributed by atoms with E-state index in [-0.39, 0.29) is 12.7 Å². The highest BCUT2D eigenvalue weighted by molar-refractivity contribution is 4.55. The smallest absolute Gasteiger partial charge is 0.0773 e. The van der Waals surface area contributed by atoms with Gasteiger partial charge in [-0.15, -0.1) is 0 Å². The van der Waals surface area contributed by atoms with Crippen LogP contribution >= 0.6 is 0 Å². The Morgan fingerprint density at radius 2 is 1.24 bits per heavy atom. The fourth-order valence-electron chi connectivity index (χ4n) is 2.59. The predicted molar refractivity (Wildman–Crippen MR) is 89.6 cm³/mol. The molecular formula is C18H38O3. The zero-order chi connectivity index (χ0) is 15.6. The van der Waals surface area contributed by atoms with Crippen LogP contribution in [0, 0.1) is 0 Å². The third kappa shape index (κ3) is 17.8. The lowest BCUT2D eigenvalue weighted by Gasteiger charge is -2.10. The van der Waals surface area contributed by atoms with E-state index in [9.17, 15) is 5.11 Å². The Morgan fingerprint density at radius 1 is 0.762 bits per heavy atom. The van der Waals surface area contributed by atoms with Crippen LogP contribution in [-0.4, -0.2) is 36.1 Å². The van der Waals surface area contributed by atoms with Crippen LogP contribution in [0.3, 0.4) is 0 Å². The van der Waals surface area contributed by atoms with Crippen LogP contribution in [0.25, 0.3) is 0 Å². The normalized spacial score (nSPS) is 12.7. The van der Waals surface area contributed by atoms with Crippen LogP contribution in [0.15, 0.2) is 0 Å². The van der Waals surface area contributed by atoms with E-state index >= 15 is 0 Å². The first kappa shape index (κ1) is 20.9. The molecule has 2 N–H and O–H groups in total. The molecule has 0 aliphatic rings. The summed E-state index contributed by atoms with van der Waals surface area (Å²) in [6, 6.07) is 0. The molecule has 0 saturated carbocycles. The number of ether oxygens (including phenoxy) is 1. The molecule has 3 heteroatoms. The van der Waals surface area contributed by atoms with Crippen LogP contribution in [0.1, 0.15) is 90.4 Å². The van der Waals surface area contributed by atoms with Crippen LogP contribution in [0.5, 0.6) is 0 Å². The molecule has 21 heavy (non-hydrogen) atoms. The Labute approximate surface area is 132 Å². The topological polar surface area (TPSA) is 49.7 Å². The Kier molecular flexibility index (Phi) is 17.8. The molecule has 0 radical (unpaired) electrons. The number of unbranched alkanes of at least 4 members (excludes halogenated alkanes) is 11. The second-order valence-corrected chi connectivity index (χ2v) is 6.13. The average Bonchev–Trinajstić information content (AvgIpc) is 2.48. The first-order valence-electron chi connectivity index (χ1n) is 9.18. The van der Waals surface area contributed by atoms with Crippen molar-refractivity contribution in [3.63, 3.8) is 0 Å². The van der Waals surface area contributed by atoms with Crippen molar-refractivity contribution in [2.75, 3.05) is 19.8 Å². The van der Waals surface area contributed by atoms with Gasteiger partial charge in [-0.3, -0.25) is 0 Å². The maximum Gasteiger partial charge on any atom is 0.0773 e. The second-order valence-electron chi connectivity index (χ2n) is 6.13. The zero-order valence-electron chi connectivity index (χ0n) is 14.2. The maximum atomic E-state index is 9.63. The summed E-state index contributed by atoms with van der Waals surface area (Å²) >= 11 is 0. The molecule has 0 amide bonds. The van der Waals surface area contributed by atoms with Gasteiger partial charge in [0.25, 0.3) is 0 Å². The van der Waals surface area contributed by atoms with Crippen molar-refractivity contribution in [3.05, 3.63) is 0 Å². The highest BCUT2D eigenvalue weighted by Crippen LogP contribution is 2.13. The van der Waals surface area contributed by atoms with Gasteiger partial charge in [-0.1, -0.05) is 84.0 Å². The van der Waals surface area contributed by atoms with Gasteiger partial charge < -0.3 is 14.9 Å². The van der Waals surface area contributed by atoms with Crippen LogP contribution in [0.2, 0.25) is 0 Å². The van der Waals surface area contributed by atoms with E-state index < -0.39 is 0 Å². The van der Waals surface area contributed by atoms with Crippen molar-refractivity contribution in [2.45, 2.75) is 96.5 Å². The van der Waals surface area contributed by atoms with Gasteiger partial charge in [0.05, 0.1) is 25.9 Å². The van der Waals surface area contributed by atoms with E-state index in [0.29, 0.717) is 13.2 Å². The maximum absolute atomic E-state index is 9.63. The summed E-state index contributed by atoms with van der Waals surface area (Å²) in [5.74, 6) is 0. The molecule has 0 aliphatic carbocycles. The Balaban J connectivity index is 3.05.